The van der Waals surface area contributed by atoms with Gasteiger partial charge in [-0.05, 0) is 69.1 Å². The summed E-state index contributed by atoms with van der Waals surface area (Å²) in [6, 6.07) is 36.6. The summed E-state index contributed by atoms with van der Waals surface area (Å²) in [5.74, 6) is 0. The molecule has 0 bridgehead atoms. The number of hydrogen-bond donors (Lipinski definition) is 0. The van der Waals surface area contributed by atoms with Crippen molar-refractivity contribution in [3.63, 3.8) is 0 Å². The number of anilines is 3. The highest BCUT2D eigenvalue weighted by molar-refractivity contribution is 6.09. The molecule has 1 heterocycles. The summed E-state index contributed by atoms with van der Waals surface area (Å²) in [6.07, 6.45) is 0. The molecule has 0 fully saturated rings. The van der Waals surface area contributed by atoms with Crippen molar-refractivity contribution in [2.45, 2.75) is 19.3 Å². The number of para-hydroxylation sites is 2. The molecule has 0 radical (unpaired) electrons. The van der Waals surface area contributed by atoms with Crippen LogP contribution in [0.15, 0.2) is 97.1 Å². The number of rotatable bonds is 1. The number of hydrogen-bond acceptors (Lipinski definition) is 2. The Bertz CT molecular complexity index is 1520. The maximum Gasteiger partial charge on any atom is 0.0991 e. The molecule has 0 unspecified atom stereocenters. The first-order valence-corrected chi connectivity index (χ1v) is 10.9. The second kappa shape index (κ2) is 6.70. The van der Waals surface area contributed by atoms with Crippen LogP contribution in [0.4, 0.5) is 17.1 Å². The minimum Gasteiger partial charge on any atom is -0.310 e. The van der Waals surface area contributed by atoms with E-state index in [0.29, 0.717) is 5.56 Å². The summed E-state index contributed by atoms with van der Waals surface area (Å²) in [5, 5.41) is 13.9. The lowest BCUT2D eigenvalue weighted by atomic mass is 9.73. The van der Waals surface area contributed by atoms with Gasteiger partial charge >= 0.3 is 0 Å². The Hall–Kier alpha value is -4.09. The van der Waals surface area contributed by atoms with Gasteiger partial charge < -0.3 is 4.90 Å². The van der Waals surface area contributed by atoms with Crippen LogP contribution in [0, 0.1) is 11.3 Å². The molecule has 0 atom stereocenters. The second-order valence-corrected chi connectivity index (χ2v) is 9.01. The summed E-state index contributed by atoms with van der Waals surface area (Å²) in [6.45, 7) is 4.62. The second-order valence-electron chi connectivity index (χ2n) is 9.01. The van der Waals surface area contributed by atoms with Crippen LogP contribution in [0.2, 0.25) is 0 Å². The Kier molecular flexibility index (Phi) is 3.91. The molecule has 2 heteroatoms. The van der Waals surface area contributed by atoms with Crippen LogP contribution in [-0.2, 0) is 5.41 Å². The van der Waals surface area contributed by atoms with E-state index in [1.54, 1.807) is 0 Å². The molecule has 0 aromatic heterocycles. The van der Waals surface area contributed by atoms with E-state index in [1.807, 2.05) is 12.1 Å². The molecule has 0 saturated heterocycles. The van der Waals surface area contributed by atoms with E-state index >= 15 is 0 Å². The molecular formula is C30H22N2. The Morgan fingerprint density at radius 2 is 1.22 bits per heavy atom. The van der Waals surface area contributed by atoms with Gasteiger partial charge in [0.1, 0.15) is 0 Å². The van der Waals surface area contributed by atoms with E-state index in [0.717, 1.165) is 11.1 Å². The van der Waals surface area contributed by atoms with Gasteiger partial charge in [-0.2, -0.15) is 5.26 Å². The topological polar surface area (TPSA) is 27.0 Å². The first kappa shape index (κ1) is 18.7. The van der Waals surface area contributed by atoms with Crippen molar-refractivity contribution in [2.75, 3.05) is 4.90 Å². The molecule has 32 heavy (non-hydrogen) atoms. The summed E-state index contributed by atoms with van der Waals surface area (Å²) < 4.78 is 0. The van der Waals surface area contributed by atoms with Gasteiger partial charge in [-0.25, -0.2) is 0 Å². The van der Waals surface area contributed by atoms with Crippen molar-refractivity contribution >= 4 is 38.6 Å². The first-order valence-electron chi connectivity index (χ1n) is 10.9. The highest BCUT2D eigenvalue weighted by Gasteiger charge is 2.36. The molecule has 0 aliphatic carbocycles. The van der Waals surface area contributed by atoms with Gasteiger partial charge in [-0.3, -0.25) is 0 Å². The van der Waals surface area contributed by atoms with Gasteiger partial charge in [0, 0.05) is 11.1 Å². The van der Waals surface area contributed by atoms with Gasteiger partial charge in [0.05, 0.1) is 23.0 Å². The normalized spacial score (nSPS) is 14.1. The molecule has 6 rings (SSSR count). The lowest BCUT2D eigenvalue weighted by Gasteiger charge is -2.42. The van der Waals surface area contributed by atoms with Crippen LogP contribution in [0.3, 0.4) is 0 Å². The van der Waals surface area contributed by atoms with Crippen LogP contribution in [-0.4, -0.2) is 0 Å². The zero-order valence-corrected chi connectivity index (χ0v) is 18.1. The molecule has 0 spiro atoms. The van der Waals surface area contributed by atoms with E-state index in [9.17, 15) is 5.26 Å². The maximum absolute atomic E-state index is 9.23. The monoisotopic (exact) mass is 410 g/mol. The predicted octanol–water partition coefficient (Wildman–Crippen LogP) is 7.97. The predicted molar refractivity (Wildman–Crippen MR) is 133 cm³/mol. The Morgan fingerprint density at radius 1 is 0.656 bits per heavy atom. The Morgan fingerprint density at radius 3 is 1.84 bits per heavy atom. The van der Waals surface area contributed by atoms with Crippen molar-refractivity contribution in [2.24, 2.45) is 0 Å². The minimum absolute atomic E-state index is 0.0603. The minimum atomic E-state index is -0.0603. The maximum atomic E-state index is 9.23. The van der Waals surface area contributed by atoms with Crippen molar-refractivity contribution in [1.82, 2.24) is 0 Å². The van der Waals surface area contributed by atoms with Crippen LogP contribution in [0.5, 0.6) is 0 Å². The van der Waals surface area contributed by atoms with Crippen LogP contribution in [0.1, 0.15) is 30.5 Å². The molecule has 1 aliphatic rings. The number of nitrogens with zero attached hydrogens (tertiary/aromatic N) is 2. The summed E-state index contributed by atoms with van der Waals surface area (Å²) in [7, 11) is 0. The van der Waals surface area contributed by atoms with Gasteiger partial charge in [0.15, 0.2) is 0 Å². The average molecular weight is 411 g/mol. The van der Waals surface area contributed by atoms with E-state index in [4.69, 9.17) is 0 Å². The van der Waals surface area contributed by atoms with E-state index < -0.39 is 0 Å². The van der Waals surface area contributed by atoms with Crippen LogP contribution >= 0.6 is 0 Å². The van der Waals surface area contributed by atoms with Gasteiger partial charge in [-0.1, -0.05) is 74.5 Å². The fourth-order valence-corrected chi connectivity index (χ4v) is 5.21. The standard InChI is InChI=1S/C30H22N2/c1-30(2)26-7-3-5-9-28(26)32(29-10-6-4-8-27(29)30)23-14-16-25-22(18-23)13-12-21-17-20(19-31)11-15-24(21)25/h3-18H,1-2H3. The zero-order valence-electron chi connectivity index (χ0n) is 18.1. The highest BCUT2D eigenvalue weighted by atomic mass is 15.2. The zero-order chi connectivity index (χ0) is 21.9. The van der Waals surface area contributed by atoms with E-state index in [2.05, 4.69) is 110 Å². The van der Waals surface area contributed by atoms with Crippen molar-refractivity contribution < 1.29 is 0 Å². The average Bonchev–Trinajstić information content (AvgIpc) is 2.83. The van der Waals surface area contributed by atoms with Crippen molar-refractivity contribution in [3.05, 3.63) is 114 Å². The SMILES string of the molecule is CC1(C)c2ccccc2N(c2ccc3c(ccc4cc(C#N)ccc43)c2)c2ccccc21. The van der Waals surface area contributed by atoms with E-state index in [1.165, 1.54) is 38.7 Å². The number of benzene rings is 5. The summed E-state index contributed by atoms with van der Waals surface area (Å²) in [5.41, 5.74) is 6.92. The smallest absolute Gasteiger partial charge is 0.0991 e. The number of nitriles is 1. The third kappa shape index (κ3) is 2.58. The molecule has 0 N–H and O–H groups in total. The third-order valence-corrected chi connectivity index (χ3v) is 6.84. The number of fused-ring (bicyclic) bond motifs is 5. The Labute approximate surface area is 188 Å². The molecular weight excluding hydrogens is 388 g/mol. The lowest BCUT2D eigenvalue weighted by Crippen LogP contribution is -2.30. The molecule has 0 amide bonds. The molecule has 5 aromatic rings. The van der Waals surface area contributed by atoms with Gasteiger partial charge in [0.2, 0.25) is 0 Å². The largest absolute Gasteiger partial charge is 0.310 e. The van der Waals surface area contributed by atoms with E-state index in [-0.39, 0.29) is 5.41 Å². The van der Waals surface area contributed by atoms with Gasteiger partial charge in [0.25, 0.3) is 0 Å². The van der Waals surface area contributed by atoms with Crippen LogP contribution < -0.4 is 4.90 Å². The molecule has 1 aliphatic heterocycles. The molecule has 152 valence electrons. The lowest BCUT2D eigenvalue weighted by molar-refractivity contribution is 0.632. The van der Waals surface area contributed by atoms with Gasteiger partial charge in [-0.15, -0.1) is 0 Å². The fourth-order valence-electron chi connectivity index (χ4n) is 5.21. The molecule has 5 aromatic carbocycles. The first-order chi connectivity index (χ1) is 15.6. The third-order valence-electron chi connectivity index (χ3n) is 6.84. The molecule has 2 nitrogen and oxygen atoms in total. The van der Waals surface area contributed by atoms with Crippen LogP contribution in [0.25, 0.3) is 21.5 Å². The summed E-state index contributed by atoms with van der Waals surface area (Å²) >= 11 is 0. The quantitative estimate of drug-likeness (QED) is 0.262. The van der Waals surface area contributed by atoms with Crippen molar-refractivity contribution in [3.8, 4) is 6.07 Å². The van der Waals surface area contributed by atoms with Crippen molar-refractivity contribution in [1.29, 1.82) is 5.26 Å². The highest BCUT2D eigenvalue weighted by Crippen LogP contribution is 2.51. The fraction of sp³-hybridized carbons (Fsp3) is 0.100. The Balaban J connectivity index is 1.59. The summed E-state index contributed by atoms with van der Waals surface area (Å²) in [4.78, 5) is 2.39. The molecule has 0 saturated carbocycles.